The predicted octanol–water partition coefficient (Wildman–Crippen LogP) is 0.976. The second kappa shape index (κ2) is 10.7. The maximum atomic E-state index is 2.20. The first kappa shape index (κ1) is 26.3. The molecule has 4 aromatic carbocycles. The zero-order valence-corrected chi connectivity index (χ0v) is 22.6. The van der Waals surface area contributed by atoms with E-state index in [2.05, 4.69) is 90.1 Å². The van der Waals surface area contributed by atoms with Gasteiger partial charge < -0.3 is 24.8 Å². The third-order valence-corrected chi connectivity index (χ3v) is 5.72. The summed E-state index contributed by atoms with van der Waals surface area (Å²) in [6.45, 7) is 13.2. The van der Waals surface area contributed by atoms with Gasteiger partial charge in [-0.3, -0.25) is 0 Å². The molecule has 4 rings (SSSR count). The SMILES string of the molecule is Cc1c(C)[c-](C)c2ccccc12.Cc1c(C)[c-](C)c2ccccc12.[Cl-].[Cl-].[U+4]. The van der Waals surface area contributed by atoms with Gasteiger partial charge in [-0.2, -0.15) is 11.1 Å². The van der Waals surface area contributed by atoms with Crippen molar-refractivity contribution in [2.45, 2.75) is 41.5 Å². The van der Waals surface area contributed by atoms with Crippen molar-refractivity contribution < 1.29 is 55.9 Å². The fourth-order valence-corrected chi connectivity index (χ4v) is 3.64. The van der Waals surface area contributed by atoms with Gasteiger partial charge in [-0.25, -0.2) is 0 Å². The quantitative estimate of drug-likeness (QED) is 0.257. The number of benzene rings is 2. The van der Waals surface area contributed by atoms with Gasteiger partial charge in [0.2, 0.25) is 0 Å². The third-order valence-electron chi connectivity index (χ3n) is 5.72. The van der Waals surface area contributed by atoms with Gasteiger partial charge in [0.25, 0.3) is 0 Å². The van der Waals surface area contributed by atoms with E-state index in [0.717, 1.165) is 0 Å². The topological polar surface area (TPSA) is 0 Å². The second-order valence-corrected chi connectivity index (χ2v) is 6.84. The Kier molecular flexibility index (Phi) is 10.5. The van der Waals surface area contributed by atoms with Crippen LogP contribution in [0.5, 0.6) is 0 Å². The largest absolute Gasteiger partial charge is 4.00 e. The van der Waals surface area contributed by atoms with Crippen LogP contribution in [-0.2, 0) is 0 Å². The molecule has 0 aliphatic carbocycles. The van der Waals surface area contributed by atoms with Crippen LogP contribution < -0.4 is 24.8 Å². The minimum Gasteiger partial charge on any atom is -1.00 e. The van der Waals surface area contributed by atoms with Gasteiger partial charge in [0.05, 0.1) is 0 Å². The van der Waals surface area contributed by atoms with Crippen LogP contribution in [0.2, 0.25) is 0 Å². The van der Waals surface area contributed by atoms with Gasteiger partial charge in [0, 0.05) is 0 Å². The summed E-state index contributed by atoms with van der Waals surface area (Å²) in [4.78, 5) is 0. The standard InChI is InChI=1S/2C12H13.2ClH.U/c2*1-8-9(2)11-6-4-5-7-12(11)10(8)3;;;/h2*4-7H,1-3H3;2*1H;/q2*-1;;;+4/p-2. The van der Waals surface area contributed by atoms with Crippen molar-refractivity contribution in [1.29, 1.82) is 0 Å². The molecule has 0 aliphatic rings. The molecule has 3 heteroatoms. The first-order valence-corrected chi connectivity index (χ1v) is 8.65. The Bertz CT molecular complexity index is 860. The maximum absolute atomic E-state index is 2.20. The van der Waals surface area contributed by atoms with E-state index in [9.17, 15) is 0 Å². The van der Waals surface area contributed by atoms with E-state index >= 15 is 0 Å². The summed E-state index contributed by atoms with van der Waals surface area (Å²) in [6.07, 6.45) is 0. The normalized spacial score (nSPS) is 9.70. The first-order chi connectivity index (χ1) is 11.4. The van der Waals surface area contributed by atoms with Crippen LogP contribution in [0, 0.1) is 72.7 Å². The van der Waals surface area contributed by atoms with E-state index in [0.29, 0.717) is 0 Å². The van der Waals surface area contributed by atoms with E-state index in [4.69, 9.17) is 0 Å². The number of halogens is 2. The molecule has 0 radical (unpaired) electrons. The van der Waals surface area contributed by atoms with Crippen LogP contribution in [0.25, 0.3) is 21.5 Å². The number of aryl methyl sites for hydroxylation is 4. The molecule has 4 aromatic rings. The molecule has 0 saturated heterocycles. The molecule has 0 bridgehead atoms. The smallest absolute Gasteiger partial charge is 1.00 e. The van der Waals surface area contributed by atoms with Gasteiger partial charge >= 0.3 is 31.1 Å². The molecule has 27 heavy (non-hydrogen) atoms. The fourth-order valence-electron chi connectivity index (χ4n) is 3.64. The molecule has 0 amide bonds. The predicted molar refractivity (Wildman–Crippen MR) is 108 cm³/mol. The molecule has 0 fully saturated rings. The number of rotatable bonds is 0. The Morgan fingerprint density at radius 2 is 0.852 bits per heavy atom. The van der Waals surface area contributed by atoms with Crippen LogP contribution in [0.4, 0.5) is 0 Å². The molecule has 0 aliphatic heterocycles. The van der Waals surface area contributed by atoms with Crippen molar-refractivity contribution in [2.24, 2.45) is 0 Å². The second-order valence-electron chi connectivity index (χ2n) is 6.84. The van der Waals surface area contributed by atoms with Crippen LogP contribution in [-0.4, -0.2) is 0 Å². The summed E-state index contributed by atoms with van der Waals surface area (Å²) in [5, 5.41) is 5.64. The van der Waals surface area contributed by atoms with E-state index in [1.165, 1.54) is 54.9 Å². The van der Waals surface area contributed by atoms with Gasteiger partial charge in [0.15, 0.2) is 0 Å². The summed E-state index contributed by atoms with van der Waals surface area (Å²) in [5.74, 6) is 0. The van der Waals surface area contributed by atoms with Crippen molar-refractivity contribution in [1.82, 2.24) is 0 Å². The van der Waals surface area contributed by atoms with E-state index in [1.54, 1.807) is 0 Å². The molecular formula is C24H26Cl2U. The van der Waals surface area contributed by atoms with E-state index < -0.39 is 0 Å². The van der Waals surface area contributed by atoms with Crippen molar-refractivity contribution in [3.8, 4) is 0 Å². The molecule has 0 nitrogen and oxygen atoms in total. The van der Waals surface area contributed by atoms with E-state index in [1.807, 2.05) is 0 Å². The van der Waals surface area contributed by atoms with Gasteiger partial charge in [-0.1, -0.05) is 53.7 Å². The molecule has 0 unspecified atom stereocenters. The Labute approximate surface area is 199 Å². The molecule has 0 saturated carbocycles. The molecule has 0 N–H and O–H groups in total. The Morgan fingerprint density at radius 3 is 1.15 bits per heavy atom. The molecule has 0 aromatic heterocycles. The van der Waals surface area contributed by atoms with Crippen molar-refractivity contribution in [3.63, 3.8) is 0 Å². The van der Waals surface area contributed by atoms with Crippen molar-refractivity contribution in [2.75, 3.05) is 0 Å². The van der Waals surface area contributed by atoms with Crippen LogP contribution in [0.3, 0.4) is 0 Å². The van der Waals surface area contributed by atoms with Crippen molar-refractivity contribution in [3.05, 3.63) is 81.9 Å². The summed E-state index contributed by atoms with van der Waals surface area (Å²) >= 11 is 0. The fraction of sp³-hybridized carbons (Fsp3) is 0.250. The monoisotopic (exact) mass is 622 g/mol. The summed E-state index contributed by atoms with van der Waals surface area (Å²) in [7, 11) is 0. The average Bonchev–Trinajstić information content (AvgIpc) is 2.98. The zero-order chi connectivity index (χ0) is 17.4. The van der Waals surface area contributed by atoms with Gasteiger partial charge in [-0.15, -0.1) is 80.2 Å². The number of hydrogen-bond donors (Lipinski definition) is 0. The average molecular weight is 623 g/mol. The van der Waals surface area contributed by atoms with Crippen molar-refractivity contribution >= 4 is 21.5 Å². The number of hydrogen-bond acceptors (Lipinski definition) is 0. The Hall–Kier alpha value is -0.708. The summed E-state index contributed by atoms with van der Waals surface area (Å²) in [5.41, 5.74) is 8.62. The van der Waals surface area contributed by atoms with Crippen LogP contribution in [0.15, 0.2) is 48.5 Å². The molecule has 0 atom stereocenters. The summed E-state index contributed by atoms with van der Waals surface area (Å²) in [6, 6.07) is 17.2. The molecular weight excluding hydrogens is 597 g/mol. The van der Waals surface area contributed by atoms with Gasteiger partial charge in [0.1, 0.15) is 0 Å². The molecule has 140 valence electrons. The Balaban J connectivity index is 0.000000451. The first-order valence-electron chi connectivity index (χ1n) is 8.65. The van der Waals surface area contributed by atoms with Crippen LogP contribution in [0.1, 0.15) is 33.4 Å². The van der Waals surface area contributed by atoms with E-state index in [-0.39, 0.29) is 55.9 Å². The summed E-state index contributed by atoms with van der Waals surface area (Å²) < 4.78 is 0. The molecule has 0 heterocycles. The van der Waals surface area contributed by atoms with Crippen LogP contribution >= 0.6 is 0 Å². The minimum absolute atomic E-state index is 0. The number of fused-ring (bicyclic) bond motifs is 2. The minimum atomic E-state index is 0. The van der Waals surface area contributed by atoms with Gasteiger partial charge in [-0.05, 0) is 0 Å². The molecule has 0 spiro atoms. The Morgan fingerprint density at radius 1 is 0.556 bits per heavy atom. The third kappa shape index (κ3) is 4.83. The maximum Gasteiger partial charge on any atom is 4.00 e. The zero-order valence-electron chi connectivity index (χ0n) is 16.9.